The Morgan fingerprint density at radius 1 is 1.29 bits per heavy atom. The standard InChI is InChI=1S/C15H15ClFN3O2S.ClH/c16-12-4-1-5-13(17)15(12)23(21,22)20-8-7-19-10-14(20)11-3-2-6-18-9-11;/h1-6,9,14,19H,7-8,10H2;1H. The molecule has 0 amide bonds. The first-order valence-electron chi connectivity index (χ1n) is 7.08. The molecule has 2 heterocycles. The molecule has 9 heteroatoms. The van der Waals surface area contributed by atoms with Crippen LogP contribution in [0.15, 0.2) is 47.6 Å². The second kappa shape index (κ2) is 7.76. The number of pyridine rings is 1. The Kier molecular flexibility index (Phi) is 6.17. The molecule has 1 atom stereocenters. The van der Waals surface area contributed by atoms with E-state index in [1.807, 2.05) is 0 Å². The molecule has 3 rings (SSSR count). The van der Waals surface area contributed by atoms with Gasteiger partial charge in [-0.25, -0.2) is 12.8 Å². The molecule has 1 aliphatic rings. The van der Waals surface area contributed by atoms with Gasteiger partial charge in [0.05, 0.1) is 11.1 Å². The molecule has 130 valence electrons. The van der Waals surface area contributed by atoms with E-state index >= 15 is 0 Å². The van der Waals surface area contributed by atoms with E-state index in [0.717, 1.165) is 11.6 Å². The molecule has 24 heavy (non-hydrogen) atoms. The van der Waals surface area contributed by atoms with Crippen LogP contribution < -0.4 is 5.32 Å². The lowest BCUT2D eigenvalue weighted by atomic mass is 10.1. The Labute approximate surface area is 151 Å². The molecule has 1 unspecified atom stereocenters. The maximum atomic E-state index is 14.1. The monoisotopic (exact) mass is 391 g/mol. The van der Waals surface area contributed by atoms with Crippen LogP contribution in [-0.4, -0.2) is 37.3 Å². The Morgan fingerprint density at radius 2 is 2.08 bits per heavy atom. The normalized spacial score (nSPS) is 18.8. The number of hydrogen-bond acceptors (Lipinski definition) is 4. The van der Waals surface area contributed by atoms with Gasteiger partial charge >= 0.3 is 0 Å². The summed E-state index contributed by atoms with van der Waals surface area (Å²) >= 11 is 5.95. The minimum Gasteiger partial charge on any atom is -0.313 e. The molecule has 0 spiro atoms. The number of sulfonamides is 1. The van der Waals surface area contributed by atoms with Crippen LogP contribution in [0, 0.1) is 5.82 Å². The maximum absolute atomic E-state index is 14.1. The van der Waals surface area contributed by atoms with Crippen LogP contribution in [0.5, 0.6) is 0 Å². The van der Waals surface area contributed by atoms with Gasteiger partial charge in [0.15, 0.2) is 0 Å². The highest BCUT2D eigenvalue weighted by Gasteiger charge is 2.37. The summed E-state index contributed by atoms with van der Waals surface area (Å²) < 4.78 is 41.3. The summed E-state index contributed by atoms with van der Waals surface area (Å²) in [6.07, 6.45) is 3.23. The number of piperazine rings is 1. The molecule has 5 nitrogen and oxygen atoms in total. The summed E-state index contributed by atoms with van der Waals surface area (Å²) in [5.74, 6) is -0.846. The second-order valence-electron chi connectivity index (χ2n) is 5.17. The van der Waals surface area contributed by atoms with Crippen molar-refractivity contribution in [3.63, 3.8) is 0 Å². The van der Waals surface area contributed by atoms with Crippen LogP contribution in [0.4, 0.5) is 4.39 Å². The van der Waals surface area contributed by atoms with Gasteiger partial charge in [-0.2, -0.15) is 4.31 Å². The van der Waals surface area contributed by atoms with Gasteiger partial charge in [-0.1, -0.05) is 23.7 Å². The molecule has 0 bridgehead atoms. The van der Waals surface area contributed by atoms with Crippen molar-refractivity contribution in [2.45, 2.75) is 10.9 Å². The van der Waals surface area contributed by atoms with Crippen molar-refractivity contribution in [1.29, 1.82) is 0 Å². The number of rotatable bonds is 3. The van der Waals surface area contributed by atoms with E-state index in [-0.39, 0.29) is 24.0 Å². The number of nitrogens with one attached hydrogen (secondary N) is 1. The largest absolute Gasteiger partial charge is 0.313 e. The van der Waals surface area contributed by atoms with Crippen molar-refractivity contribution in [3.8, 4) is 0 Å². The van der Waals surface area contributed by atoms with E-state index in [4.69, 9.17) is 11.6 Å². The van der Waals surface area contributed by atoms with Gasteiger partial charge in [-0.15, -0.1) is 12.4 Å². The van der Waals surface area contributed by atoms with E-state index in [0.29, 0.717) is 13.1 Å². The number of halogens is 3. The maximum Gasteiger partial charge on any atom is 0.248 e. The second-order valence-corrected chi connectivity index (χ2v) is 7.41. The van der Waals surface area contributed by atoms with Crippen LogP contribution >= 0.6 is 24.0 Å². The summed E-state index contributed by atoms with van der Waals surface area (Å²) in [5.41, 5.74) is 0.746. The quantitative estimate of drug-likeness (QED) is 0.873. The molecule has 1 N–H and O–H groups in total. The van der Waals surface area contributed by atoms with Gasteiger partial charge in [-0.05, 0) is 23.8 Å². The van der Waals surface area contributed by atoms with Gasteiger partial charge in [0, 0.05) is 32.0 Å². The molecule has 1 aromatic heterocycles. The van der Waals surface area contributed by atoms with Crippen LogP contribution in [0.2, 0.25) is 5.02 Å². The van der Waals surface area contributed by atoms with Gasteiger partial charge in [-0.3, -0.25) is 4.98 Å². The zero-order valence-electron chi connectivity index (χ0n) is 12.5. The topological polar surface area (TPSA) is 62.3 Å². The van der Waals surface area contributed by atoms with Gasteiger partial charge in [0.25, 0.3) is 0 Å². The fourth-order valence-electron chi connectivity index (χ4n) is 2.68. The van der Waals surface area contributed by atoms with E-state index in [9.17, 15) is 12.8 Å². The third-order valence-electron chi connectivity index (χ3n) is 3.75. The number of aromatic nitrogens is 1. The van der Waals surface area contributed by atoms with E-state index < -0.39 is 26.8 Å². The highest BCUT2D eigenvalue weighted by atomic mass is 35.5. The SMILES string of the molecule is Cl.O=S(=O)(c1c(F)cccc1Cl)N1CCNCC1c1cccnc1. The highest BCUT2D eigenvalue weighted by molar-refractivity contribution is 7.89. The molecule has 1 aliphatic heterocycles. The molecule has 2 aromatic rings. The van der Waals surface area contributed by atoms with Crippen molar-refractivity contribution < 1.29 is 12.8 Å². The molecule has 0 radical (unpaired) electrons. The zero-order valence-corrected chi connectivity index (χ0v) is 14.9. The minimum absolute atomic E-state index is 0. The Hall–Kier alpha value is -1.25. The number of benzene rings is 1. The van der Waals surface area contributed by atoms with Crippen molar-refractivity contribution in [2.24, 2.45) is 0 Å². The van der Waals surface area contributed by atoms with E-state index in [2.05, 4.69) is 10.3 Å². The Bertz CT molecular complexity index is 785. The van der Waals surface area contributed by atoms with E-state index in [1.54, 1.807) is 24.5 Å². The molecule has 0 aliphatic carbocycles. The highest BCUT2D eigenvalue weighted by Crippen LogP contribution is 2.33. The lowest BCUT2D eigenvalue weighted by molar-refractivity contribution is 0.270. The van der Waals surface area contributed by atoms with Crippen LogP contribution in [0.3, 0.4) is 0 Å². The lowest BCUT2D eigenvalue weighted by Crippen LogP contribution is -2.48. The van der Waals surface area contributed by atoms with Crippen molar-refractivity contribution in [3.05, 3.63) is 59.1 Å². The fourth-order valence-corrected chi connectivity index (χ4v) is 4.86. The molecular formula is C15H16Cl2FN3O2S. The summed E-state index contributed by atoms with van der Waals surface area (Å²) in [7, 11) is -4.06. The van der Waals surface area contributed by atoms with E-state index in [1.165, 1.54) is 16.4 Å². The third kappa shape index (κ3) is 3.55. The molecule has 1 fully saturated rings. The number of nitrogens with zero attached hydrogens (tertiary/aromatic N) is 2. The predicted molar refractivity (Wildman–Crippen MR) is 92.4 cm³/mol. The minimum atomic E-state index is -4.06. The molecule has 1 saturated heterocycles. The first-order valence-corrected chi connectivity index (χ1v) is 8.90. The zero-order chi connectivity index (χ0) is 16.4. The average molecular weight is 392 g/mol. The summed E-state index contributed by atoms with van der Waals surface area (Å²) in [4.78, 5) is 3.56. The summed E-state index contributed by atoms with van der Waals surface area (Å²) in [6, 6.07) is 6.94. The lowest BCUT2D eigenvalue weighted by Gasteiger charge is -2.35. The average Bonchev–Trinajstić information content (AvgIpc) is 2.55. The van der Waals surface area contributed by atoms with Crippen molar-refractivity contribution in [1.82, 2.24) is 14.6 Å². The smallest absolute Gasteiger partial charge is 0.248 e. The molecule has 1 aromatic carbocycles. The number of hydrogen-bond donors (Lipinski definition) is 1. The van der Waals surface area contributed by atoms with Crippen molar-refractivity contribution in [2.75, 3.05) is 19.6 Å². The Balaban J connectivity index is 0.00000208. The van der Waals surface area contributed by atoms with Gasteiger partial charge in [0.2, 0.25) is 10.0 Å². The summed E-state index contributed by atoms with van der Waals surface area (Å²) in [5, 5.41) is 3.04. The predicted octanol–water partition coefficient (Wildman–Crippen LogP) is 2.63. The summed E-state index contributed by atoms with van der Waals surface area (Å²) in [6.45, 7) is 1.14. The van der Waals surface area contributed by atoms with Gasteiger partial charge in [0.1, 0.15) is 10.7 Å². The van der Waals surface area contributed by atoms with Crippen LogP contribution in [-0.2, 0) is 10.0 Å². The fraction of sp³-hybridized carbons (Fsp3) is 0.267. The third-order valence-corrected chi connectivity index (χ3v) is 6.16. The van der Waals surface area contributed by atoms with Crippen LogP contribution in [0.25, 0.3) is 0 Å². The first-order chi connectivity index (χ1) is 11.0. The Morgan fingerprint density at radius 3 is 2.75 bits per heavy atom. The van der Waals surface area contributed by atoms with Gasteiger partial charge < -0.3 is 5.32 Å². The molecule has 0 saturated carbocycles. The first kappa shape index (κ1) is 19.1. The van der Waals surface area contributed by atoms with Crippen molar-refractivity contribution >= 4 is 34.0 Å². The van der Waals surface area contributed by atoms with Crippen LogP contribution in [0.1, 0.15) is 11.6 Å². The molecular weight excluding hydrogens is 376 g/mol.